The molecule has 1 aromatic carbocycles. The van der Waals surface area contributed by atoms with Gasteiger partial charge in [-0.15, -0.1) is 0 Å². The highest BCUT2D eigenvalue weighted by Gasteiger charge is 1.90. The van der Waals surface area contributed by atoms with Crippen molar-refractivity contribution in [3.05, 3.63) is 24.3 Å². The molecule has 0 saturated carbocycles. The van der Waals surface area contributed by atoms with Crippen molar-refractivity contribution in [2.24, 2.45) is 9.98 Å². The van der Waals surface area contributed by atoms with Crippen LogP contribution in [0.2, 0.25) is 0 Å². The first kappa shape index (κ1) is 9.98. The molecule has 0 unspecified atom stereocenters. The Labute approximate surface area is 81.0 Å². The third-order valence-corrected chi connectivity index (χ3v) is 1.40. The molecule has 0 spiro atoms. The molecule has 1 aromatic rings. The number of benzene rings is 1. The zero-order valence-corrected chi connectivity index (χ0v) is 7.33. The molecule has 0 fully saturated rings. The summed E-state index contributed by atoms with van der Waals surface area (Å²) in [4.78, 5) is 27.7. The van der Waals surface area contributed by atoms with Gasteiger partial charge in [-0.2, -0.15) is 0 Å². The van der Waals surface area contributed by atoms with Crippen molar-refractivity contribution in [3.8, 4) is 0 Å². The van der Waals surface area contributed by atoms with E-state index in [9.17, 15) is 9.59 Å². The number of nitrogens with zero attached hydrogens (tertiary/aromatic N) is 2. The van der Waals surface area contributed by atoms with E-state index >= 15 is 0 Å². The van der Waals surface area contributed by atoms with Crippen LogP contribution in [0.25, 0.3) is 0 Å². The second-order valence-corrected chi connectivity index (χ2v) is 2.35. The molecule has 0 saturated heterocycles. The lowest BCUT2D eigenvalue weighted by Crippen LogP contribution is -1.74. The van der Waals surface area contributed by atoms with Gasteiger partial charge in [0.25, 0.3) is 0 Å². The van der Waals surface area contributed by atoms with Crippen molar-refractivity contribution in [1.82, 2.24) is 0 Å². The number of carbonyl (C=O) groups excluding carboxylic acids is 2. The summed E-state index contributed by atoms with van der Waals surface area (Å²) in [6.07, 6.45) is 3.51. The molecule has 0 amide bonds. The molecule has 0 aliphatic heterocycles. The molecule has 0 aliphatic carbocycles. The van der Waals surface area contributed by atoms with Crippen LogP contribution in [-0.2, 0) is 9.59 Å². The lowest BCUT2D eigenvalue weighted by Gasteiger charge is -1.93. The topological polar surface area (TPSA) is 58.9 Å². The van der Waals surface area contributed by atoms with E-state index in [1.165, 1.54) is 0 Å². The summed E-state index contributed by atoms with van der Waals surface area (Å²) in [5, 5.41) is 0. The molecule has 1 rings (SSSR count). The number of aliphatic imine (C=N–C) groups is 2. The first-order chi connectivity index (χ1) is 6.86. The van der Waals surface area contributed by atoms with Gasteiger partial charge in [0.1, 0.15) is 0 Å². The van der Waals surface area contributed by atoms with Crippen molar-refractivity contribution in [3.63, 3.8) is 0 Å². The third kappa shape index (κ3) is 3.10. The van der Waals surface area contributed by atoms with Crippen LogP contribution in [0.3, 0.4) is 0 Å². The molecule has 0 aromatic heterocycles. The van der Waals surface area contributed by atoms with E-state index in [2.05, 4.69) is 9.98 Å². The lowest BCUT2D eigenvalue weighted by molar-refractivity contribution is -0.103. The quantitative estimate of drug-likeness (QED) is 0.530. The molecular weight excluding hydrogens is 180 g/mol. The minimum Gasteiger partial charge on any atom is -0.297 e. The number of carbonyl (C=O) groups is 2. The average molecular weight is 188 g/mol. The fourth-order valence-corrected chi connectivity index (χ4v) is 0.887. The Hall–Kier alpha value is -2.10. The molecule has 0 heterocycles. The van der Waals surface area contributed by atoms with Gasteiger partial charge in [-0.25, -0.2) is 0 Å². The summed E-state index contributed by atoms with van der Waals surface area (Å²) in [6, 6.07) is 6.88. The zero-order valence-electron chi connectivity index (χ0n) is 7.33. The van der Waals surface area contributed by atoms with Gasteiger partial charge >= 0.3 is 0 Å². The number of hydrogen-bond donors (Lipinski definition) is 0. The summed E-state index contributed by atoms with van der Waals surface area (Å²) in [5.74, 6) is 0. The van der Waals surface area contributed by atoms with Gasteiger partial charge in [0.15, 0.2) is 12.6 Å². The molecule has 14 heavy (non-hydrogen) atoms. The highest BCUT2D eigenvalue weighted by molar-refractivity contribution is 6.14. The van der Waals surface area contributed by atoms with Gasteiger partial charge in [-0.1, -0.05) is 6.07 Å². The molecule has 0 N–H and O–H groups in total. The first-order valence-electron chi connectivity index (χ1n) is 3.92. The molecule has 4 heteroatoms. The summed E-state index contributed by atoms with van der Waals surface area (Å²) in [7, 11) is 0. The largest absolute Gasteiger partial charge is 0.297 e. The van der Waals surface area contributed by atoms with Crippen LogP contribution in [0.4, 0.5) is 11.4 Å². The molecule has 0 aliphatic rings. The van der Waals surface area contributed by atoms with E-state index in [1.807, 2.05) is 0 Å². The van der Waals surface area contributed by atoms with Crippen LogP contribution in [0.5, 0.6) is 0 Å². The fraction of sp³-hybridized carbons (Fsp3) is 0. The van der Waals surface area contributed by atoms with E-state index < -0.39 is 0 Å². The maximum atomic E-state index is 10.0. The third-order valence-electron chi connectivity index (χ3n) is 1.40. The van der Waals surface area contributed by atoms with Crippen LogP contribution >= 0.6 is 0 Å². The Morgan fingerprint density at radius 2 is 1.43 bits per heavy atom. The Morgan fingerprint density at radius 1 is 0.929 bits per heavy atom. The van der Waals surface area contributed by atoms with Crippen molar-refractivity contribution < 1.29 is 9.59 Å². The van der Waals surface area contributed by atoms with E-state index in [4.69, 9.17) is 0 Å². The Morgan fingerprint density at radius 3 is 1.86 bits per heavy atom. The summed E-state index contributed by atoms with van der Waals surface area (Å²) in [5.41, 5.74) is 1.25. The summed E-state index contributed by atoms with van der Waals surface area (Å²) in [6.45, 7) is 0. The molecule has 0 radical (unpaired) electrons. The number of aldehydes is 2. The highest BCUT2D eigenvalue weighted by atomic mass is 16.1. The van der Waals surface area contributed by atoms with Gasteiger partial charge in [-0.05, 0) is 18.2 Å². The van der Waals surface area contributed by atoms with Crippen LogP contribution in [0.1, 0.15) is 0 Å². The highest BCUT2D eigenvalue weighted by Crippen LogP contribution is 2.19. The Bertz CT molecular complexity index is 350. The molecule has 0 atom stereocenters. The van der Waals surface area contributed by atoms with Crippen LogP contribution in [-0.4, -0.2) is 25.0 Å². The van der Waals surface area contributed by atoms with Gasteiger partial charge < -0.3 is 0 Å². The maximum Gasteiger partial charge on any atom is 0.161 e. The molecular formula is C10H8N2O2. The van der Waals surface area contributed by atoms with Crippen molar-refractivity contribution in [2.45, 2.75) is 0 Å². The lowest BCUT2D eigenvalue weighted by atomic mass is 10.3. The van der Waals surface area contributed by atoms with Gasteiger partial charge in [0.05, 0.1) is 23.8 Å². The Balaban J connectivity index is 2.88. The first-order valence-corrected chi connectivity index (χ1v) is 3.92. The Kier molecular flexibility index (Phi) is 3.94. The number of hydrogen-bond acceptors (Lipinski definition) is 4. The predicted octanol–water partition coefficient (Wildman–Crippen LogP) is 1.49. The standard InChI is InChI=1S/C10H8N2O2/c13-6-4-11-9-2-1-3-10(8-9)12-5-7-14/h1-8H. The molecule has 4 nitrogen and oxygen atoms in total. The average Bonchev–Trinajstić information content (AvgIpc) is 2.24. The van der Waals surface area contributed by atoms with Crippen molar-refractivity contribution in [1.29, 1.82) is 0 Å². The predicted molar refractivity (Wildman–Crippen MR) is 54.9 cm³/mol. The number of rotatable bonds is 4. The second kappa shape index (κ2) is 5.53. The van der Waals surface area contributed by atoms with Crippen molar-refractivity contribution >= 4 is 36.4 Å². The van der Waals surface area contributed by atoms with E-state index in [1.54, 1.807) is 24.3 Å². The smallest absolute Gasteiger partial charge is 0.161 e. The van der Waals surface area contributed by atoms with Crippen molar-refractivity contribution in [2.75, 3.05) is 0 Å². The van der Waals surface area contributed by atoms with E-state index in [0.29, 0.717) is 23.9 Å². The second-order valence-electron chi connectivity index (χ2n) is 2.35. The SMILES string of the molecule is O=CC=Nc1cccc(N=CC=O)c1. The minimum absolute atomic E-state index is 0.599. The van der Waals surface area contributed by atoms with E-state index in [-0.39, 0.29) is 0 Å². The van der Waals surface area contributed by atoms with Crippen LogP contribution < -0.4 is 0 Å². The zero-order chi connectivity index (χ0) is 10.2. The van der Waals surface area contributed by atoms with Crippen LogP contribution in [0, 0.1) is 0 Å². The summed E-state index contributed by atoms with van der Waals surface area (Å²) < 4.78 is 0. The maximum absolute atomic E-state index is 10.0. The van der Waals surface area contributed by atoms with Gasteiger partial charge in [-0.3, -0.25) is 19.6 Å². The van der Waals surface area contributed by atoms with Gasteiger partial charge in [0, 0.05) is 0 Å². The van der Waals surface area contributed by atoms with Gasteiger partial charge in [0.2, 0.25) is 0 Å². The van der Waals surface area contributed by atoms with Crippen LogP contribution in [0.15, 0.2) is 34.3 Å². The van der Waals surface area contributed by atoms with E-state index in [0.717, 1.165) is 12.4 Å². The minimum atomic E-state index is 0.599. The fourth-order valence-electron chi connectivity index (χ4n) is 0.887. The molecule has 70 valence electrons. The monoisotopic (exact) mass is 188 g/mol. The summed E-state index contributed by atoms with van der Waals surface area (Å²) >= 11 is 0. The molecule has 0 bridgehead atoms. The normalized spacial score (nSPS) is 10.9.